The van der Waals surface area contributed by atoms with E-state index in [0.29, 0.717) is 6.04 Å². The van der Waals surface area contributed by atoms with Crippen molar-refractivity contribution in [2.45, 2.75) is 37.5 Å². The van der Waals surface area contributed by atoms with Crippen molar-refractivity contribution in [3.63, 3.8) is 0 Å². The molecule has 2 nitrogen and oxygen atoms in total. The minimum absolute atomic E-state index is 0.535. The molecule has 0 radical (unpaired) electrons. The second kappa shape index (κ2) is 6.62. The zero-order chi connectivity index (χ0) is 12.1. The molecule has 1 aliphatic heterocycles. The first kappa shape index (κ1) is 13.2. The molecule has 0 spiro atoms. The van der Waals surface area contributed by atoms with E-state index in [2.05, 4.69) is 29.0 Å². The predicted octanol–water partition coefficient (Wildman–Crippen LogP) is 3.15. The van der Waals surface area contributed by atoms with Crippen molar-refractivity contribution in [2.24, 2.45) is 0 Å². The van der Waals surface area contributed by atoms with Crippen LogP contribution in [0.5, 0.6) is 0 Å². The average molecular weight is 271 g/mol. The van der Waals surface area contributed by atoms with Gasteiger partial charge < -0.3 is 5.32 Å². The lowest BCUT2D eigenvalue weighted by Gasteiger charge is -2.24. The molecular formula is C13H19ClN2S. The van der Waals surface area contributed by atoms with Gasteiger partial charge >= 0.3 is 0 Å². The van der Waals surface area contributed by atoms with Gasteiger partial charge in [-0.05, 0) is 43.2 Å². The zero-order valence-electron chi connectivity index (χ0n) is 10.2. The van der Waals surface area contributed by atoms with Crippen molar-refractivity contribution in [3.05, 3.63) is 29.0 Å². The highest BCUT2D eigenvalue weighted by molar-refractivity contribution is 8.00. The topological polar surface area (TPSA) is 24.9 Å². The van der Waals surface area contributed by atoms with E-state index in [4.69, 9.17) is 11.6 Å². The van der Waals surface area contributed by atoms with E-state index in [9.17, 15) is 0 Å². The normalized spacial score (nSPS) is 21.6. The Morgan fingerprint density at radius 1 is 1.65 bits per heavy atom. The number of nitrogens with zero attached hydrogens (tertiary/aromatic N) is 1. The van der Waals surface area contributed by atoms with Crippen LogP contribution in [0.4, 0.5) is 0 Å². The van der Waals surface area contributed by atoms with Gasteiger partial charge in [0.15, 0.2) is 0 Å². The van der Waals surface area contributed by atoms with E-state index in [0.717, 1.165) is 23.2 Å². The fourth-order valence-corrected chi connectivity index (χ4v) is 3.91. The number of hydrogen-bond donors (Lipinski definition) is 1. The molecule has 1 aromatic heterocycles. The van der Waals surface area contributed by atoms with Crippen molar-refractivity contribution < 1.29 is 0 Å². The maximum absolute atomic E-state index is 6.18. The molecule has 0 aliphatic carbocycles. The summed E-state index contributed by atoms with van der Waals surface area (Å²) in [5.41, 5.74) is 1.21. The Hall–Kier alpha value is -0.250. The average Bonchev–Trinajstić information content (AvgIpc) is 2.85. The van der Waals surface area contributed by atoms with Gasteiger partial charge in [0.25, 0.3) is 0 Å². The molecule has 2 rings (SSSR count). The number of nitrogens with one attached hydrogen (secondary N) is 1. The van der Waals surface area contributed by atoms with Gasteiger partial charge in [0.2, 0.25) is 0 Å². The van der Waals surface area contributed by atoms with Gasteiger partial charge in [-0.2, -0.15) is 11.8 Å². The largest absolute Gasteiger partial charge is 0.313 e. The minimum atomic E-state index is 0.535. The summed E-state index contributed by atoms with van der Waals surface area (Å²) in [5.74, 6) is 1.30. The van der Waals surface area contributed by atoms with Crippen LogP contribution in [0.1, 0.15) is 25.3 Å². The molecule has 0 saturated carbocycles. The Morgan fingerprint density at radius 2 is 2.53 bits per heavy atom. The van der Waals surface area contributed by atoms with Gasteiger partial charge in [-0.15, -0.1) is 0 Å². The van der Waals surface area contributed by atoms with Crippen LogP contribution in [0.25, 0.3) is 0 Å². The van der Waals surface area contributed by atoms with E-state index < -0.39 is 0 Å². The molecular weight excluding hydrogens is 252 g/mol. The Balaban J connectivity index is 2.04. The predicted molar refractivity (Wildman–Crippen MR) is 75.9 cm³/mol. The molecule has 2 unspecified atom stereocenters. The number of rotatable bonds is 5. The van der Waals surface area contributed by atoms with E-state index in [-0.39, 0.29) is 0 Å². The van der Waals surface area contributed by atoms with E-state index >= 15 is 0 Å². The van der Waals surface area contributed by atoms with Crippen LogP contribution in [0.15, 0.2) is 18.5 Å². The summed E-state index contributed by atoms with van der Waals surface area (Å²) in [6.07, 6.45) is 7.24. The molecule has 94 valence electrons. The standard InChI is InChI=1S/C13H19ClN2S/c1-2-16-12(13-4-3-7-17-13)8-10-5-6-15-9-11(10)14/h5-6,9,12-13,16H,2-4,7-8H2,1H3. The summed E-state index contributed by atoms with van der Waals surface area (Å²) >= 11 is 8.27. The van der Waals surface area contributed by atoms with Crippen molar-refractivity contribution >= 4 is 23.4 Å². The van der Waals surface area contributed by atoms with E-state index in [1.807, 2.05) is 12.3 Å². The van der Waals surface area contributed by atoms with Gasteiger partial charge in [0.05, 0.1) is 5.02 Å². The first-order valence-electron chi connectivity index (χ1n) is 6.24. The molecule has 2 atom stereocenters. The van der Waals surface area contributed by atoms with Crippen LogP contribution in [0, 0.1) is 0 Å². The smallest absolute Gasteiger partial charge is 0.0621 e. The first-order valence-corrected chi connectivity index (χ1v) is 7.67. The Bertz CT molecular complexity index is 353. The molecule has 1 saturated heterocycles. The van der Waals surface area contributed by atoms with Gasteiger partial charge in [0, 0.05) is 23.7 Å². The van der Waals surface area contributed by atoms with Gasteiger partial charge in [-0.25, -0.2) is 0 Å². The zero-order valence-corrected chi connectivity index (χ0v) is 11.7. The highest BCUT2D eigenvalue weighted by Crippen LogP contribution is 2.30. The molecule has 1 N–H and O–H groups in total. The highest BCUT2D eigenvalue weighted by Gasteiger charge is 2.25. The lowest BCUT2D eigenvalue weighted by molar-refractivity contribution is 0.495. The van der Waals surface area contributed by atoms with Crippen LogP contribution in [-0.4, -0.2) is 28.6 Å². The molecule has 1 aromatic rings. The number of thioether (sulfide) groups is 1. The summed E-state index contributed by atoms with van der Waals surface area (Å²) in [6.45, 7) is 3.19. The van der Waals surface area contributed by atoms with Crippen LogP contribution in [0.2, 0.25) is 5.02 Å². The number of likely N-dealkylation sites (N-methyl/N-ethyl adjacent to an activating group) is 1. The number of halogens is 1. The summed E-state index contributed by atoms with van der Waals surface area (Å²) in [4.78, 5) is 4.04. The third kappa shape index (κ3) is 3.60. The quantitative estimate of drug-likeness (QED) is 0.890. The van der Waals surface area contributed by atoms with Crippen LogP contribution in [-0.2, 0) is 6.42 Å². The summed E-state index contributed by atoms with van der Waals surface area (Å²) < 4.78 is 0. The molecule has 17 heavy (non-hydrogen) atoms. The second-order valence-corrected chi connectivity index (χ2v) is 6.14. The van der Waals surface area contributed by atoms with Crippen molar-refractivity contribution in [1.29, 1.82) is 0 Å². The lowest BCUT2D eigenvalue weighted by Crippen LogP contribution is -2.39. The molecule has 1 fully saturated rings. The summed E-state index contributed by atoms with van der Waals surface area (Å²) in [7, 11) is 0. The molecule has 1 aliphatic rings. The fraction of sp³-hybridized carbons (Fsp3) is 0.615. The molecule has 0 aromatic carbocycles. The Labute approximate surface area is 113 Å². The lowest BCUT2D eigenvalue weighted by atomic mass is 10.0. The van der Waals surface area contributed by atoms with Crippen molar-refractivity contribution in [3.8, 4) is 0 Å². The minimum Gasteiger partial charge on any atom is -0.313 e. The Kier molecular flexibility index (Phi) is 5.14. The molecule has 2 heterocycles. The van der Waals surface area contributed by atoms with Gasteiger partial charge in [-0.3, -0.25) is 4.98 Å². The third-order valence-electron chi connectivity index (χ3n) is 3.18. The van der Waals surface area contributed by atoms with Gasteiger partial charge in [0.1, 0.15) is 0 Å². The fourth-order valence-electron chi connectivity index (χ4n) is 2.32. The third-order valence-corrected chi connectivity index (χ3v) is 5.03. The molecule has 4 heteroatoms. The highest BCUT2D eigenvalue weighted by atomic mass is 35.5. The van der Waals surface area contributed by atoms with Gasteiger partial charge in [-0.1, -0.05) is 18.5 Å². The SMILES string of the molecule is CCNC(Cc1ccncc1Cl)C1CCCS1. The first-order chi connectivity index (χ1) is 8.31. The van der Waals surface area contributed by atoms with Crippen molar-refractivity contribution in [1.82, 2.24) is 10.3 Å². The Morgan fingerprint density at radius 3 is 3.18 bits per heavy atom. The van der Waals surface area contributed by atoms with E-state index in [1.54, 1.807) is 6.20 Å². The summed E-state index contributed by atoms with van der Waals surface area (Å²) in [5, 5.41) is 5.13. The number of aromatic nitrogens is 1. The maximum Gasteiger partial charge on any atom is 0.0621 e. The summed E-state index contributed by atoms with van der Waals surface area (Å²) in [6, 6.07) is 2.57. The number of hydrogen-bond acceptors (Lipinski definition) is 3. The molecule has 0 amide bonds. The monoisotopic (exact) mass is 270 g/mol. The van der Waals surface area contributed by atoms with Crippen LogP contribution in [0.3, 0.4) is 0 Å². The number of pyridine rings is 1. The molecule has 0 bridgehead atoms. The second-order valence-electron chi connectivity index (χ2n) is 4.39. The van der Waals surface area contributed by atoms with Crippen LogP contribution >= 0.6 is 23.4 Å². The van der Waals surface area contributed by atoms with Crippen molar-refractivity contribution in [2.75, 3.05) is 12.3 Å². The maximum atomic E-state index is 6.18. The van der Waals surface area contributed by atoms with Crippen LogP contribution < -0.4 is 5.32 Å². The van der Waals surface area contributed by atoms with E-state index in [1.165, 1.54) is 24.2 Å².